The van der Waals surface area contributed by atoms with Crippen LogP contribution in [-0.2, 0) is 10.0 Å². The molecule has 0 aliphatic heterocycles. The normalized spacial score (nSPS) is 19.0. The summed E-state index contributed by atoms with van der Waals surface area (Å²) in [5.41, 5.74) is 5.56. The molecule has 1 aliphatic rings. The molecule has 5 heteroatoms. The van der Waals surface area contributed by atoms with Crippen molar-refractivity contribution >= 4 is 10.0 Å². The van der Waals surface area contributed by atoms with Crippen molar-refractivity contribution in [2.45, 2.75) is 52.9 Å². The van der Waals surface area contributed by atoms with Crippen molar-refractivity contribution in [2.75, 3.05) is 25.4 Å². The lowest BCUT2D eigenvalue weighted by Crippen LogP contribution is -2.43. The van der Waals surface area contributed by atoms with E-state index in [-0.39, 0.29) is 5.41 Å². The molecule has 0 saturated heterocycles. The zero-order chi connectivity index (χ0) is 14.5. The van der Waals surface area contributed by atoms with Crippen LogP contribution in [0.1, 0.15) is 52.9 Å². The van der Waals surface area contributed by atoms with E-state index in [1.807, 2.05) is 20.8 Å². The Morgan fingerprint density at radius 2 is 1.79 bits per heavy atom. The van der Waals surface area contributed by atoms with Crippen molar-refractivity contribution < 1.29 is 8.42 Å². The van der Waals surface area contributed by atoms with E-state index in [0.717, 1.165) is 12.8 Å². The third-order valence-corrected chi connectivity index (χ3v) is 6.14. The topological polar surface area (TPSA) is 63.4 Å². The maximum absolute atomic E-state index is 12.5. The van der Waals surface area contributed by atoms with E-state index < -0.39 is 10.0 Å². The summed E-state index contributed by atoms with van der Waals surface area (Å²) in [6.07, 6.45) is 5.75. The van der Waals surface area contributed by atoms with Crippen LogP contribution in [0.3, 0.4) is 0 Å². The summed E-state index contributed by atoms with van der Waals surface area (Å²) in [5, 5.41) is 0. The molecule has 114 valence electrons. The number of nitrogens with two attached hydrogens (primary N) is 1. The van der Waals surface area contributed by atoms with Gasteiger partial charge in [0.1, 0.15) is 0 Å². The van der Waals surface area contributed by atoms with Gasteiger partial charge in [0, 0.05) is 13.1 Å². The predicted molar refractivity (Wildman–Crippen MR) is 80.4 cm³/mol. The minimum atomic E-state index is -3.14. The van der Waals surface area contributed by atoms with Crippen molar-refractivity contribution in [3.63, 3.8) is 0 Å². The molecule has 0 amide bonds. The van der Waals surface area contributed by atoms with Gasteiger partial charge in [0.2, 0.25) is 10.0 Å². The van der Waals surface area contributed by atoms with Crippen LogP contribution in [0.5, 0.6) is 0 Å². The van der Waals surface area contributed by atoms with Crippen molar-refractivity contribution in [1.29, 1.82) is 0 Å². The average molecular weight is 290 g/mol. The summed E-state index contributed by atoms with van der Waals surface area (Å²) in [6.45, 7) is 7.51. The largest absolute Gasteiger partial charge is 0.330 e. The molecule has 0 aromatic heterocycles. The molecule has 4 nitrogen and oxygen atoms in total. The first-order chi connectivity index (χ1) is 8.80. The van der Waals surface area contributed by atoms with Gasteiger partial charge < -0.3 is 5.73 Å². The molecule has 19 heavy (non-hydrogen) atoms. The molecule has 2 N–H and O–H groups in total. The monoisotopic (exact) mass is 290 g/mol. The second-order valence-corrected chi connectivity index (χ2v) is 8.59. The van der Waals surface area contributed by atoms with Gasteiger partial charge in [0.15, 0.2) is 0 Å². The Hall–Kier alpha value is -0.130. The van der Waals surface area contributed by atoms with E-state index in [2.05, 4.69) is 0 Å². The van der Waals surface area contributed by atoms with Gasteiger partial charge in [0.05, 0.1) is 5.75 Å². The molecule has 0 aromatic carbocycles. The van der Waals surface area contributed by atoms with Gasteiger partial charge in [-0.3, -0.25) is 0 Å². The summed E-state index contributed by atoms with van der Waals surface area (Å²) in [4.78, 5) is 0. The fourth-order valence-corrected chi connectivity index (χ4v) is 4.79. The third-order valence-electron chi connectivity index (χ3n) is 4.07. The van der Waals surface area contributed by atoms with E-state index in [1.165, 1.54) is 19.3 Å². The van der Waals surface area contributed by atoms with Crippen molar-refractivity contribution in [1.82, 2.24) is 4.31 Å². The number of nitrogens with zero attached hydrogens (tertiary/aromatic N) is 1. The SMILES string of the molecule is CCN(CC(C)(C)CN)S(=O)(=O)CC1CCCCC1. The molecule has 0 unspecified atom stereocenters. The molecule has 0 atom stereocenters. The van der Waals surface area contributed by atoms with Crippen LogP contribution in [0.2, 0.25) is 0 Å². The Morgan fingerprint density at radius 3 is 2.26 bits per heavy atom. The van der Waals surface area contributed by atoms with Gasteiger partial charge in [-0.2, -0.15) is 0 Å². The molecule has 0 spiro atoms. The van der Waals surface area contributed by atoms with Crippen molar-refractivity contribution in [3.05, 3.63) is 0 Å². The molecule has 0 heterocycles. The highest BCUT2D eigenvalue weighted by Gasteiger charge is 2.30. The smallest absolute Gasteiger partial charge is 0.214 e. The lowest BCUT2D eigenvalue weighted by molar-refractivity contribution is 0.270. The fraction of sp³-hybridized carbons (Fsp3) is 1.00. The Morgan fingerprint density at radius 1 is 1.21 bits per heavy atom. The molecular formula is C14H30N2O2S. The Kier molecular flexibility index (Phi) is 6.27. The van der Waals surface area contributed by atoms with E-state index in [1.54, 1.807) is 4.31 Å². The second kappa shape index (κ2) is 7.04. The van der Waals surface area contributed by atoms with Gasteiger partial charge in [0.25, 0.3) is 0 Å². The van der Waals surface area contributed by atoms with Gasteiger partial charge >= 0.3 is 0 Å². The van der Waals surface area contributed by atoms with Crippen LogP contribution < -0.4 is 5.73 Å². The third kappa shape index (κ3) is 5.40. The highest BCUT2D eigenvalue weighted by atomic mass is 32.2. The molecule has 1 saturated carbocycles. The van der Waals surface area contributed by atoms with E-state index >= 15 is 0 Å². The Bertz CT molecular complexity index is 360. The van der Waals surface area contributed by atoms with Crippen LogP contribution in [0.4, 0.5) is 0 Å². The zero-order valence-corrected chi connectivity index (χ0v) is 13.5. The van der Waals surface area contributed by atoms with Crippen LogP contribution in [0.15, 0.2) is 0 Å². The summed E-state index contributed by atoms with van der Waals surface area (Å²) in [7, 11) is -3.14. The summed E-state index contributed by atoms with van der Waals surface area (Å²) in [5.74, 6) is 0.676. The molecule has 0 radical (unpaired) electrons. The van der Waals surface area contributed by atoms with E-state index in [9.17, 15) is 8.42 Å². The quantitative estimate of drug-likeness (QED) is 0.782. The minimum Gasteiger partial charge on any atom is -0.330 e. The standard InChI is InChI=1S/C14H30N2O2S/c1-4-16(12-14(2,3)11-15)19(17,18)10-13-8-6-5-7-9-13/h13H,4-12,15H2,1-3H3. The second-order valence-electron chi connectivity index (χ2n) is 6.58. The van der Waals surface area contributed by atoms with E-state index in [0.29, 0.717) is 31.3 Å². The zero-order valence-electron chi connectivity index (χ0n) is 12.7. The van der Waals surface area contributed by atoms with Crippen LogP contribution >= 0.6 is 0 Å². The first-order valence-corrected chi connectivity index (χ1v) is 9.09. The van der Waals surface area contributed by atoms with Crippen LogP contribution in [-0.4, -0.2) is 38.1 Å². The summed E-state index contributed by atoms with van der Waals surface area (Å²) >= 11 is 0. The number of hydrogen-bond donors (Lipinski definition) is 1. The Labute approximate surface area is 118 Å². The highest BCUT2D eigenvalue weighted by Crippen LogP contribution is 2.26. The van der Waals surface area contributed by atoms with Crippen molar-refractivity contribution in [3.8, 4) is 0 Å². The molecule has 0 bridgehead atoms. The lowest BCUT2D eigenvalue weighted by atomic mass is 9.91. The van der Waals surface area contributed by atoms with Gasteiger partial charge in [-0.15, -0.1) is 0 Å². The predicted octanol–water partition coefficient (Wildman–Crippen LogP) is 2.20. The molecule has 0 aromatic rings. The maximum Gasteiger partial charge on any atom is 0.214 e. The average Bonchev–Trinajstić information content (AvgIpc) is 2.36. The number of sulfonamides is 1. The van der Waals surface area contributed by atoms with Crippen molar-refractivity contribution in [2.24, 2.45) is 17.1 Å². The maximum atomic E-state index is 12.5. The van der Waals surface area contributed by atoms with Crippen LogP contribution in [0.25, 0.3) is 0 Å². The van der Waals surface area contributed by atoms with Gasteiger partial charge in [-0.1, -0.05) is 40.0 Å². The summed E-state index contributed by atoms with van der Waals surface area (Å²) in [6, 6.07) is 0. The first-order valence-electron chi connectivity index (χ1n) is 7.48. The number of hydrogen-bond acceptors (Lipinski definition) is 3. The fourth-order valence-electron chi connectivity index (χ4n) is 2.71. The molecular weight excluding hydrogens is 260 g/mol. The summed E-state index contributed by atoms with van der Waals surface area (Å²) < 4.78 is 26.6. The first kappa shape index (κ1) is 16.9. The molecule has 1 fully saturated rings. The highest BCUT2D eigenvalue weighted by molar-refractivity contribution is 7.89. The lowest BCUT2D eigenvalue weighted by Gasteiger charge is -2.32. The van der Waals surface area contributed by atoms with E-state index in [4.69, 9.17) is 5.73 Å². The molecule has 1 aliphatic carbocycles. The number of rotatable bonds is 7. The van der Waals surface area contributed by atoms with Gasteiger partial charge in [-0.05, 0) is 30.7 Å². The van der Waals surface area contributed by atoms with Crippen LogP contribution in [0, 0.1) is 11.3 Å². The molecule has 1 rings (SSSR count). The van der Waals surface area contributed by atoms with Gasteiger partial charge in [-0.25, -0.2) is 12.7 Å². The Balaban J connectivity index is 2.66. The minimum absolute atomic E-state index is 0.157.